The van der Waals surface area contributed by atoms with Crippen LogP contribution in [0.4, 0.5) is 11.8 Å². The van der Waals surface area contributed by atoms with Crippen molar-refractivity contribution in [1.82, 2.24) is 9.97 Å². The minimum Gasteiger partial charge on any atom is -0.497 e. The van der Waals surface area contributed by atoms with Gasteiger partial charge in [0.15, 0.2) is 0 Å². The second-order valence-corrected chi connectivity index (χ2v) is 6.41. The summed E-state index contributed by atoms with van der Waals surface area (Å²) in [6.45, 7) is 3.37. The Morgan fingerprint density at radius 3 is 2.43 bits per heavy atom. The van der Waals surface area contributed by atoms with E-state index in [1.807, 2.05) is 55.5 Å². The third kappa shape index (κ3) is 5.36. The third-order valence-corrected chi connectivity index (χ3v) is 4.36. The lowest BCUT2D eigenvalue weighted by atomic mass is 10.1. The molecule has 0 spiro atoms. The van der Waals surface area contributed by atoms with Crippen molar-refractivity contribution in [2.24, 2.45) is 0 Å². The number of aryl methyl sites for hydroxylation is 1. The Bertz CT molecular complexity index is 897. The molecule has 0 atom stereocenters. The van der Waals surface area contributed by atoms with Crippen LogP contribution in [0.15, 0.2) is 54.6 Å². The predicted molar refractivity (Wildman–Crippen MR) is 112 cm³/mol. The lowest BCUT2D eigenvalue weighted by Gasteiger charge is -2.11. The van der Waals surface area contributed by atoms with E-state index >= 15 is 0 Å². The fourth-order valence-electron chi connectivity index (χ4n) is 2.89. The summed E-state index contributed by atoms with van der Waals surface area (Å²) in [6.07, 6.45) is 0.829. The Morgan fingerprint density at radius 2 is 1.68 bits per heavy atom. The molecule has 0 saturated heterocycles. The number of benzene rings is 2. The average molecular weight is 378 g/mol. The first-order valence-corrected chi connectivity index (χ1v) is 9.26. The molecule has 3 aromatic rings. The normalized spacial score (nSPS) is 10.4. The topological polar surface area (TPSA) is 68.3 Å². The van der Waals surface area contributed by atoms with Crippen LogP contribution in [0.2, 0.25) is 0 Å². The van der Waals surface area contributed by atoms with Gasteiger partial charge in [-0.3, -0.25) is 0 Å². The van der Waals surface area contributed by atoms with Crippen LogP contribution in [0.5, 0.6) is 11.5 Å². The largest absolute Gasteiger partial charge is 0.497 e. The number of hydrogen-bond acceptors (Lipinski definition) is 6. The lowest BCUT2D eigenvalue weighted by Crippen LogP contribution is -2.11. The van der Waals surface area contributed by atoms with Gasteiger partial charge in [-0.15, -0.1) is 0 Å². The number of hydrogen-bond donors (Lipinski definition) is 2. The van der Waals surface area contributed by atoms with Crippen molar-refractivity contribution in [3.63, 3.8) is 0 Å². The van der Waals surface area contributed by atoms with Gasteiger partial charge in [0.2, 0.25) is 5.95 Å². The number of rotatable bonds is 9. The van der Waals surface area contributed by atoms with Crippen molar-refractivity contribution in [3.8, 4) is 11.5 Å². The summed E-state index contributed by atoms with van der Waals surface area (Å²) >= 11 is 0. The minimum atomic E-state index is 0.618. The van der Waals surface area contributed by atoms with Crippen LogP contribution in [0.3, 0.4) is 0 Å². The molecule has 1 aromatic heterocycles. The molecular weight excluding hydrogens is 352 g/mol. The van der Waals surface area contributed by atoms with Gasteiger partial charge in [-0.05, 0) is 42.7 Å². The molecule has 0 aliphatic carbocycles. The standard InChI is InChI=1S/C22H26N4O2/c1-16-14-21(24-15-17-8-10-19(27-2)11-9-17)26-22(25-16)23-13-12-18-6-4-5-7-20(18)28-3/h4-11,14H,12-13,15H2,1-3H3,(H2,23,24,25,26). The number of para-hydroxylation sites is 1. The molecule has 0 aliphatic heterocycles. The fraction of sp³-hybridized carbons (Fsp3) is 0.273. The van der Waals surface area contributed by atoms with Gasteiger partial charge in [0.25, 0.3) is 0 Å². The Kier molecular flexibility index (Phi) is 6.68. The van der Waals surface area contributed by atoms with Gasteiger partial charge >= 0.3 is 0 Å². The van der Waals surface area contributed by atoms with Crippen LogP contribution < -0.4 is 20.1 Å². The molecule has 0 radical (unpaired) electrons. The second-order valence-electron chi connectivity index (χ2n) is 6.41. The maximum Gasteiger partial charge on any atom is 0.224 e. The van der Waals surface area contributed by atoms with Crippen LogP contribution in [0.25, 0.3) is 0 Å². The number of nitrogens with zero attached hydrogens (tertiary/aromatic N) is 2. The SMILES string of the molecule is COc1ccc(CNc2cc(C)nc(NCCc3ccccc3OC)n2)cc1. The van der Waals surface area contributed by atoms with E-state index in [1.54, 1.807) is 14.2 Å². The Morgan fingerprint density at radius 1 is 0.893 bits per heavy atom. The van der Waals surface area contributed by atoms with Crippen LogP contribution in [0.1, 0.15) is 16.8 Å². The summed E-state index contributed by atoms with van der Waals surface area (Å²) in [7, 11) is 3.36. The van der Waals surface area contributed by atoms with Crippen molar-refractivity contribution in [2.75, 3.05) is 31.4 Å². The molecule has 6 heteroatoms. The molecule has 146 valence electrons. The van der Waals surface area contributed by atoms with E-state index in [4.69, 9.17) is 9.47 Å². The number of nitrogens with one attached hydrogen (secondary N) is 2. The van der Waals surface area contributed by atoms with E-state index in [-0.39, 0.29) is 0 Å². The highest BCUT2D eigenvalue weighted by Gasteiger charge is 2.05. The molecule has 2 aromatic carbocycles. The molecule has 0 amide bonds. The van der Waals surface area contributed by atoms with Crippen LogP contribution in [-0.2, 0) is 13.0 Å². The molecule has 2 N–H and O–H groups in total. The lowest BCUT2D eigenvalue weighted by molar-refractivity contribution is 0.410. The molecule has 0 saturated carbocycles. The quantitative estimate of drug-likeness (QED) is 0.585. The maximum atomic E-state index is 5.40. The van der Waals surface area contributed by atoms with Crippen LogP contribution >= 0.6 is 0 Å². The Hall–Kier alpha value is -3.28. The van der Waals surface area contributed by atoms with E-state index in [9.17, 15) is 0 Å². The van der Waals surface area contributed by atoms with Crippen LogP contribution in [0, 0.1) is 6.92 Å². The van der Waals surface area contributed by atoms with E-state index in [1.165, 1.54) is 0 Å². The second kappa shape index (κ2) is 9.60. The summed E-state index contributed by atoms with van der Waals surface area (Å²) in [5, 5.41) is 6.66. The van der Waals surface area contributed by atoms with Gasteiger partial charge in [-0.25, -0.2) is 4.98 Å². The molecule has 0 aliphatic rings. The van der Waals surface area contributed by atoms with Gasteiger partial charge in [0.1, 0.15) is 17.3 Å². The number of ether oxygens (including phenoxy) is 2. The maximum absolute atomic E-state index is 5.40. The number of anilines is 2. The fourth-order valence-corrected chi connectivity index (χ4v) is 2.89. The molecule has 3 rings (SSSR count). The first-order chi connectivity index (χ1) is 13.7. The molecule has 0 bridgehead atoms. The molecular formula is C22H26N4O2. The highest BCUT2D eigenvalue weighted by atomic mass is 16.5. The van der Waals surface area contributed by atoms with Crippen molar-refractivity contribution in [3.05, 3.63) is 71.4 Å². The zero-order chi connectivity index (χ0) is 19.8. The summed E-state index contributed by atoms with van der Waals surface area (Å²) in [5.41, 5.74) is 3.22. The van der Waals surface area contributed by atoms with Crippen molar-refractivity contribution >= 4 is 11.8 Å². The molecule has 0 unspecified atom stereocenters. The van der Waals surface area contributed by atoms with Crippen molar-refractivity contribution < 1.29 is 9.47 Å². The highest BCUT2D eigenvalue weighted by molar-refractivity contribution is 5.43. The first kappa shape index (κ1) is 19.5. The minimum absolute atomic E-state index is 0.618. The zero-order valence-corrected chi connectivity index (χ0v) is 16.5. The van der Waals surface area contributed by atoms with E-state index in [0.717, 1.165) is 47.1 Å². The summed E-state index contributed by atoms with van der Waals surface area (Å²) in [4.78, 5) is 9.04. The zero-order valence-electron chi connectivity index (χ0n) is 16.5. The van der Waals surface area contributed by atoms with Crippen LogP contribution in [-0.4, -0.2) is 30.7 Å². The highest BCUT2D eigenvalue weighted by Crippen LogP contribution is 2.18. The van der Waals surface area contributed by atoms with E-state index in [0.29, 0.717) is 12.5 Å². The average Bonchev–Trinajstić information content (AvgIpc) is 2.72. The molecule has 28 heavy (non-hydrogen) atoms. The summed E-state index contributed by atoms with van der Waals surface area (Å²) in [5.74, 6) is 3.16. The molecule has 0 fully saturated rings. The van der Waals surface area contributed by atoms with Gasteiger partial charge in [-0.1, -0.05) is 30.3 Å². The monoisotopic (exact) mass is 378 g/mol. The van der Waals surface area contributed by atoms with Crippen molar-refractivity contribution in [1.29, 1.82) is 0 Å². The summed E-state index contributed by atoms with van der Waals surface area (Å²) < 4.78 is 10.6. The first-order valence-electron chi connectivity index (χ1n) is 9.26. The van der Waals surface area contributed by atoms with E-state index < -0.39 is 0 Å². The smallest absolute Gasteiger partial charge is 0.224 e. The van der Waals surface area contributed by atoms with Crippen molar-refractivity contribution in [2.45, 2.75) is 19.9 Å². The molecule has 6 nitrogen and oxygen atoms in total. The predicted octanol–water partition coefficient (Wildman–Crippen LogP) is 4.07. The number of aromatic nitrogens is 2. The Balaban J connectivity index is 1.57. The van der Waals surface area contributed by atoms with Gasteiger partial charge in [0.05, 0.1) is 14.2 Å². The Labute approximate surface area is 166 Å². The number of methoxy groups -OCH3 is 2. The summed E-state index contributed by atoms with van der Waals surface area (Å²) in [6, 6.07) is 17.9. The van der Waals surface area contributed by atoms with Gasteiger partial charge in [-0.2, -0.15) is 4.98 Å². The third-order valence-electron chi connectivity index (χ3n) is 4.36. The van der Waals surface area contributed by atoms with Gasteiger partial charge < -0.3 is 20.1 Å². The molecule has 1 heterocycles. The van der Waals surface area contributed by atoms with Gasteiger partial charge in [0, 0.05) is 24.8 Å². The van der Waals surface area contributed by atoms with E-state index in [2.05, 4.69) is 26.7 Å².